The summed E-state index contributed by atoms with van der Waals surface area (Å²) in [7, 11) is 0. The van der Waals surface area contributed by atoms with Gasteiger partial charge in [-0.2, -0.15) is 5.10 Å². The molecule has 5 heteroatoms. The van der Waals surface area contributed by atoms with Gasteiger partial charge in [0.1, 0.15) is 0 Å². The van der Waals surface area contributed by atoms with Gasteiger partial charge in [0.2, 0.25) is 0 Å². The number of nitrogens with one attached hydrogen (secondary N) is 1. The molecule has 0 spiro atoms. The standard InChI is InChI=1S/C16H26N4O/c1-3-20-16-10-6-5-9-14(16)15(19-20)12-13(18-17)8-7-11-21-4-2/h5-6,9-10,13,18H,3-4,7-8,11-12,17H2,1-2H3. The lowest BCUT2D eigenvalue weighted by atomic mass is 10.0. The van der Waals surface area contributed by atoms with Crippen LogP contribution in [0.1, 0.15) is 32.4 Å². The van der Waals surface area contributed by atoms with Gasteiger partial charge in [-0.05, 0) is 32.8 Å². The number of fused-ring (bicyclic) bond motifs is 1. The Morgan fingerprint density at radius 3 is 2.86 bits per heavy atom. The van der Waals surface area contributed by atoms with Crippen molar-refractivity contribution in [3.8, 4) is 0 Å². The molecule has 5 nitrogen and oxygen atoms in total. The van der Waals surface area contributed by atoms with Crippen molar-refractivity contribution >= 4 is 10.9 Å². The number of rotatable bonds is 9. The molecule has 1 aromatic heterocycles. The summed E-state index contributed by atoms with van der Waals surface area (Å²) in [6, 6.07) is 8.61. The van der Waals surface area contributed by atoms with Crippen molar-refractivity contribution in [2.75, 3.05) is 13.2 Å². The number of nitrogens with zero attached hydrogens (tertiary/aromatic N) is 2. The fourth-order valence-corrected chi connectivity index (χ4v) is 2.64. The number of nitrogens with two attached hydrogens (primary N) is 1. The Morgan fingerprint density at radius 2 is 2.14 bits per heavy atom. The first-order chi connectivity index (χ1) is 10.3. The Morgan fingerprint density at radius 1 is 1.33 bits per heavy atom. The van der Waals surface area contributed by atoms with Gasteiger partial charge in [-0.3, -0.25) is 16.0 Å². The largest absolute Gasteiger partial charge is 0.382 e. The molecule has 2 rings (SSSR count). The number of benzene rings is 1. The van der Waals surface area contributed by atoms with Gasteiger partial charge in [-0.25, -0.2) is 0 Å². The molecule has 0 aliphatic heterocycles. The highest BCUT2D eigenvalue weighted by atomic mass is 16.5. The van der Waals surface area contributed by atoms with Crippen molar-refractivity contribution in [1.82, 2.24) is 15.2 Å². The predicted octanol–water partition coefficient (Wildman–Crippen LogP) is 2.25. The predicted molar refractivity (Wildman–Crippen MR) is 85.9 cm³/mol. The molecule has 0 bridgehead atoms. The van der Waals surface area contributed by atoms with E-state index in [-0.39, 0.29) is 6.04 Å². The molecule has 1 atom stereocenters. The highest BCUT2D eigenvalue weighted by molar-refractivity contribution is 5.82. The number of aromatic nitrogens is 2. The second-order valence-electron chi connectivity index (χ2n) is 5.19. The molecule has 1 unspecified atom stereocenters. The number of para-hydroxylation sites is 1. The molecule has 21 heavy (non-hydrogen) atoms. The molecule has 0 saturated carbocycles. The van der Waals surface area contributed by atoms with Gasteiger partial charge in [0.05, 0.1) is 11.2 Å². The number of ether oxygens (including phenoxy) is 1. The van der Waals surface area contributed by atoms with Crippen molar-refractivity contribution < 1.29 is 4.74 Å². The van der Waals surface area contributed by atoms with Crippen molar-refractivity contribution in [3.63, 3.8) is 0 Å². The van der Waals surface area contributed by atoms with E-state index in [2.05, 4.69) is 41.3 Å². The third-order valence-corrected chi connectivity index (χ3v) is 3.75. The van der Waals surface area contributed by atoms with Gasteiger partial charge in [0.25, 0.3) is 0 Å². The molecular weight excluding hydrogens is 264 g/mol. The first-order valence-electron chi connectivity index (χ1n) is 7.78. The molecule has 3 N–H and O–H groups in total. The van der Waals surface area contributed by atoms with E-state index in [4.69, 9.17) is 15.7 Å². The number of hydrazine groups is 1. The van der Waals surface area contributed by atoms with Crippen molar-refractivity contribution in [2.45, 2.75) is 45.7 Å². The first-order valence-corrected chi connectivity index (χ1v) is 7.78. The second kappa shape index (κ2) is 8.12. The fraction of sp³-hybridized carbons (Fsp3) is 0.562. The molecule has 0 radical (unpaired) electrons. The highest BCUT2D eigenvalue weighted by Gasteiger charge is 2.14. The van der Waals surface area contributed by atoms with Crippen LogP contribution in [0.5, 0.6) is 0 Å². The zero-order valence-corrected chi connectivity index (χ0v) is 13.0. The van der Waals surface area contributed by atoms with Gasteiger partial charge in [-0.15, -0.1) is 0 Å². The lowest BCUT2D eigenvalue weighted by Gasteiger charge is -2.14. The molecular formula is C16H26N4O. The number of aryl methyl sites for hydroxylation is 1. The van der Waals surface area contributed by atoms with E-state index in [1.807, 2.05) is 6.92 Å². The monoisotopic (exact) mass is 290 g/mol. The Hall–Kier alpha value is -1.43. The van der Waals surface area contributed by atoms with Gasteiger partial charge >= 0.3 is 0 Å². The quantitative estimate of drug-likeness (QED) is 0.422. The first kappa shape index (κ1) is 15.9. The summed E-state index contributed by atoms with van der Waals surface area (Å²) in [6.07, 6.45) is 2.84. The maximum atomic E-state index is 5.69. The SMILES string of the molecule is CCOCCCC(Cc1nn(CC)c2ccccc12)NN. The Balaban J connectivity index is 2.07. The van der Waals surface area contributed by atoms with Crippen molar-refractivity contribution in [3.05, 3.63) is 30.0 Å². The topological polar surface area (TPSA) is 65.1 Å². The van der Waals surface area contributed by atoms with E-state index >= 15 is 0 Å². The van der Waals surface area contributed by atoms with Gasteiger partial charge in [0.15, 0.2) is 0 Å². The minimum Gasteiger partial charge on any atom is -0.382 e. The normalized spacial score (nSPS) is 12.9. The average Bonchev–Trinajstić information content (AvgIpc) is 2.88. The Kier molecular flexibility index (Phi) is 6.17. The maximum Gasteiger partial charge on any atom is 0.0719 e. The van der Waals surface area contributed by atoms with E-state index in [0.29, 0.717) is 0 Å². The van der Waals surface area contributed by atoms with Crippen LogP contribution in [0.2, 0.25) is 0 Å². The van der Waals surface area contributed by atoms with E-state index in [0.717, 1.165) is 44.7 Å². The third-order valence-electron chi connectivity index (χ3n) is 3.75. The third kappa shape index (κ3) is 4.03. The van der Waals surface area contributed by atoms with Crippen LogP contribution in [0.15, 0.2) is 24.3 Å². The average molecular weight is 290 g/mol. The molecule has 1 aromatic carbocycles. The van der Waals surface area contributed by atoms with Crippen LogP contribution >= 0.6 is 0 Å². The van der Waals surface area contributed by atoms with E-state index < -0.39 is 0 Å². The van der Waals surface area contributed by atoms with Crippen LogP contribution in [-0.2, 0) is 17.7 Å². The molecule has 116 valence electrons. The molecule has 0 saturated heterocycles. The van der Waals surface area contributed by atoms with Gasteiger partial charge < -0.3 is 4.74 Å². The Bertz CT molecular complexity index is 552. The van der Waals surface area contributed by atoms with E-state index in [9.17, 15) is 0 Å². The zero-order valence-electron chi connectivity index (χ0n) is 13.0. The number of hydrogen-bond acceptors (Lipinski definition) is 4. The van der Waals surface area contributed by atoms with E-state index in [1.165, 1.54) is 10.9 Å². The van der Waals surface area contributed by atoms with Crippen LogP contribution in [0.3, 0.4) is 0 Å². The minimum absolute atomic E-state index is 0.231. The van der Waals surface area contributed by atoms with Crippen LogP contribution < -0.4 is 11.3 Å². The molecule has 0 aliphatic rings. The van der Waals surface area contributed by atoms with Crippen LogP contribution in [0.25, 0.3) is 10.9 Å². The van der Waals surface area contributed by atoms with Crippen LogP contribution in [0, 0.1) is 0 Å². The molecule has 0 aliphatic carbocycles. The summed E-state index contributed by atoms with van der Waals surface area (Å²) < 4.78 is 7.44. The summed E-state index contributed by atoms with van der Waals surface area (Å²) in [4.78, 5) is 0. The summed E-state index contributed by atoms with van der Waals surface area (Å²) in [5.74, 6) is 5.69. The van der Waals surface area contributed by atoms with Crippen LogP contribution in [-0.4, -0.2) is 29.0 Å². The Labute approximate surface area is 126 Å². The highest BCUT2D eigenvalue weighted by Crippen LogP contribution is 2.20. The number of hydrogen-bond donors (Lipinski definition) is 2. The second-order valence-corrected chi connectivity index (χ2v) is 5.19. The summed E-state index contributed by atoms with van der Waals surface area (Å²) in [5, 5.41) is 5.96. The summed E-state index contributed by atoms with van der Waals surface area (Å²) in [5.41, 5.74) is 5.23. The smallest absolute Gasteiger partial charge is 0.0719 e. The molecule has 0 amide bonds. The zero-order chi connectivity index (χ0) is 15.1. The van der Waals surface area contributed by atoms with E-state index in [1.54, 1.807) is 0 Å². The van der Waals surface area contributed by atoms with Crippen molar-refractivity contribution in [2.24, 2.45) is 5.84 Å². The summed E-state index contributed by atoms with van der Waals surface area (Å²) >= 11 is 0. The van der Waals surface area contributed by atoms with Crippen molar-refractivity contribution in [1.29, 1.82) is 0 Å². The molecule has 1 heterocycles. The van der Waals surface area contributed by atoms with Gasteiger partial charge in [-0.1, -0.05) is 18.2 Å². The lowest BCUT2D eigenvalue weighted by molar-refractivity contribution is 0.140. The molecule has 2 aromatic rings. The molecule has 0 fully saturated rings. The summed E-state index contributed by atoms with van der Waals surface area (Å²) in [6.45, 7) is 6.57. The van der Waals surface area contributed by atoms with Crippen LogP contribution in [0.4, 0.5) is 0 Å². The minimum atomic E-state index is 0.231. The van der Waals surface area contributed by atoms with Gasteiger partial charge in [0, 0.05) is 37.6 Å². The fourth-order valence-electron chi connectivity index (χ4n) is 2.64. The lowest BCUT2D eigenvalue weighted by Crippen LogP contribution is -2.37. The maximum absolute atomic E-state index is 5.69.